The number of benzene rings is 1. The fraction of sp³-hybridized carbons (Fsp3) is 0.565. The first-order valence-electron chi connectivity index (χ1n) is 10.8. The number of hydrogen-bond acceptors (Lipinski definition) is 5. The predicted octanol–water partition coefficient (Wildman–Crippen LogP) is 2.11. The molecule has 8 nitrogen and oxygen atoms in total. The van der Waals surface area contributed by atoms with E-state index in [1.54, 1.807) is 12.1 Å². The highest BCUT2D eigenvalue weighted by Gasteiger charge is 2.44. The minimum atomic E-state index is -3.99. The van der Waals surface area contributed by atoms with Crippen molar-refractivity contribution in [2.24, 2.45) is 0 Å². The summed E-state index contributed by atoms with van der Waals surface area (Å²) in [4.78, 5) is 27.9. The lowest BCUT2D eigenvalue weighted by Gasteiger charge is -2.53. The summed E-state index contributed by atoms with van der Waals surface area (Å²) in [6.45, 7) is 10.4. The first kappa shape index (κ1) is 24.3. The third-order valence-electron chi connectivity index (χ3n) is 6.70. The normalized spacial score (nSPS) is 23.6. The van der Waals surface area contributed by atoms with Crippen LogP contribution in [-0.4, -0.2) is 59.6 Å². The quantitative estimate of drug-likeness (QED) is 0.698. The predicted molar refractivity (Wildman–Crippen MR) is 123 cm³/mol. The van der Waals surface area contributed by atoms with Gasteiger partial charge in [-0.3, -0.25) is 18.8 Å². The van der Waals surface area contributed by atoms with Crippen LogP contribution in [0, 0.1) is 6.92 Å². The topological polar surface area (TPSA) is 98.8 Å². The van der Waals surface area contributed by atoms with Crippen molar-refractivity contribution in [3.63, 3.8) is 0 Å². The van der Waals surface area contributed by atoms with Crippen LogP contribution in [0.25, 0.3) is 0 Å². The average molecular weight is 463 g/mol. The van der Waals surface area contributed by atoms with Crippen LogP contribution in [0.2, 0.25) is 0 Å². The summed E-state index contributed by atoms with van der Waals surface area (Å²) in [7, 11) is -1.90. The Morgan fingerprint density at radius 1 is 1.12 bits per heavy atom. The molecule has 2 aliphatic heterocycles. The van der Waals surface area contributed by atoms with Crippen molar-refractivity contribution < 1.29 is 18.0 Å². The van der Waals surface area contributed by atoms with Gasteiger partial charge in [-0.2, -0.15) is 0 Å². The van der Waals surface area contributed by atoms with E-state index in [4.69, 9.17) is 0 Å². The molecule has 0 spiro atoms. The van der Waals surface area contributed by atoms with E-state index >= 15 is 0 Å². The van der Waals surface area contributed by atoms with Crippen molar-refractivity contribution in [1.29, 1.82) is 0 Å². The van der Waals surface area contributed by atoms with E-state index in [0.717, 1.165) is 22.7 Å². The Labute approximate surface area is 191 Å². The van der Waals surface area contributed by atoms with E-state index in [1.807, 2.05) is 6.92 Å². The van der Waals surface area contributed by atoms with Crippen molar-refractivity contribution >= 4 is 21.8 Å². The SMILES string of the molecule is Cc1ccc(S(=O)(=O)N2C=CNC(=O)[C@H]2CC(=O)NC2CC(C)(C)N(C)C(C)(C)C2)cc1. The van der Waals surface area contributed by atoms with Gasteiger partial charge in [-0.1, -0.05) is 17.7 Å². The summed E-state index contributed by atoms with van der Waals surface area (Å²) in [6.07, 6.45) is 3.86. The summed E-state index contributed by atoms with van der Waals surface area (Å²) >= 11 is 0. The fourth-order valence-electron chi connectivity index (χ4n) is 4.71. The van der Waals surface area contributed by atoms with E-state index in [0.29, 0.717) is 0 Å². The van der Waals surface area contributed by atoms with Crippen molar-refractivity contribution in [2.75, 3.05) is 7.05 Å². The Bertz CT molecular complexity index is 997. The Balaban J connectivity index is 1.77. The number of piperidine rings is 1. The minimum absolute atomic E-state index is 0.0620. The average Bonchev–Trinajstić information content (AvgIpc) is 2.67. The molecule has 1 atom stereocenters. The highest BCUT2D eigenvalue weighted by atomic mass is 32.2. The highest BCUT2D eigenvalue weighted by Crippen LogP contribution is 2.37. The van der Waals surface area contributed by atoms with E-state index in [2.05, 4.69) is 50.3 Å². The van der Waals surface area contributed by atoms with Crippen LogP contribution in [0.15, 0.2) is 41.6 Å². The smallest absolute Gasteiger partial charge is 0.264 e. The van der Waals surface area contributed by atoms with Crippen LogP contribution in [0.4, 0.5) is 0 Å². The first-order chi connectivity index (χ1) is 14.7. The molecule has 0 radical (unpaired) electrons. The van der Waals surface area contributed by atoms with Gasteiger partial charge in [0.1, 0.15) is 6.04 Å². The van der Waals surface area contributed by atoms with E-state index in [1.165, 1.54) is 24.5 Å². The van der Waals surface area contributed by atoms with Gasteiger partial charge in [0.25, 0.3) is 10.0 Å². The largest absolute Gasteiger partial charge is 0.353 e. The van der Waals surface area contributed by atoms with Crippen LogP contribution in [0.5, 0.6) is 0 Å². The zero-order valence-electron chi connectivity index (χ0n) is 19.7. The zero-order chi connectivity index (χ0) is 23.9. The molecule has 32 heavy (non-hydrogen) atoms. The van der Waals surface area contributed by atoms with Gasteiger partial charge < -0.3 is 10.6 Å². The van der Waals surface area contributed by atoms with E-state index in [9.17, 15) is 18.0 Å². The number of aryl methyl sites for hydroxylation is 1. The Hall–Kier alpha value is -2.39. The van der Waals surface area contributed by atoms with Crippen LogP contribution >= 0.6 is 0 Å². The fourth-order valence-corrected chi connectivity index (χ4v) is 6.16. The second-order valence-electron chi connectivity index (χ2n) is 10.0. The van der Waals surface area contributed by atoms with Gasteiger partial charge in [0.15, 0.2) is 0 Å². The molecule has 0 bridgehead atoms. The first-order valence-corrected chi connectivity index (χ1v) is 12.3. The molecule has 9 heteroatoms. The van der Waals surface area contributed by atoms with Gasteiger partial charge in [0.2, 0.25) is 11.8 Å². The molecule has 0 aliphatic carbocycles. The highest BCUT2D eigenvalue weighted by molar-refractivity contribution is 7.89. The molecule has 0 unspecified atom stereocenters. The van der Waals surface area contributed by atoms with Crippen LogP contribution in [-0.2, 0) is 19.6 Å². The number of hydrogen-bond donors (Lipinski definition) is 2. The molecular formula is C23H34N4O4S. The number of carbonyl (C=O) groups excluding carboxylic acids is 2. The maximum absolute atomic E-state index is 13.2. The molecular weight excluding hydrogens is 428 g/mol. The molecule has 2 N–H and O–H groups in total. The molecule has 2 amide bonds. The Morgan fingerprint density at radius 3 is 2.25 bits per heavy atom. The number of nitrogens with zero attached hydrogens (tertiary/aromatic N) is 2. The van der Waals surface area contributed by atoms with Crippen molar-refractivity contribution in [3.8, 4) is 0 Å². The van der Waals surface area contributed by atoms with Gasteiger partial charge in [-0.05, 0) is 66.6 Å². The molecule has 0 aromatic heterocycles. The monoisotopic (exact) mass is 462 g/mol. The van der Waals surface area contributed by atoms with Crippen LogP contribution in [0.1, 0.15) is 52.5 Å². The Morgan fingerprint density at radius 2 is 1.69 bits per heavy atom. The third-order valence-corrected chi connectivity index (χ3v) is 8.50. The molecule has 176 valence electrons. The number of sulfonamides is 1. The number of likely N-dealkylation sites (tertiary alicyclic amines) is 1. The second-order valence-corrected chi connectivity index (χ2v) is 11.9. The summed E-state index contributed by atoms with van der Waals surface area (Å²) in [5.41, 5.74) is 0.715. The van der Waals surface area contributed by atoms with E-state index < -0.39 is 22.0 Å². The van der Waals surface area contributed by atoms with Crippen molar-refractivity contribution in [3.05, 3.63) is 42.2 Å². The lowest BCUT2D eigenvalue weighted by molar-refractivity contribution is -0.130. The number of nitrogens with one attached hydrogen (secondary N) is 2. The molecule has 2 heterocycles. The molecule has 1 aromatic rings. The maximum Gasteiger partial charge on any atom is 0.264 e. The Kier molecular flexibility index (Phi) is 6.45. The molecule has 2 aliphatic rings. The molecule has 3 rings (SSSR count). The number of carbonyl (C=O) groups is 2. The van der Waals surface area contributed by atoms with Gasteiger partial charge in [0.05, 0.1) is 11.3 Å². The van der Waals surface area contributed by atoms with Gasteiger partial charge in [-0.25, -0.2) is 8.42 Å². The zero-order valence-corrected chi connectivity index (χ0v) is 20.5. The van der Waals surface area contributed by atoms with Gasteiger partial charge in [0, 0.05) is 29.5 Å². The number of amides is 2. The summed E-state index contributed by atoms with van der Waals surface area (Å²) in [5, 5.41) is 5.57. The summed E-state index contributed by atoms with van der Waals surface area (Å²) in [5.74, 6) is -0.868. The lowest BCUT2D eigenvalue weighted by atomic mass is 9.77. The molecule has 0 saturated carbocycles. The standard InChI is InChI=1S/C23H34N4O4S/c1-16-7-9-18(10-8-16)32(30,31)27-12-11-24-21(29)19(27)13-20(28)25-17-14-22(2,3)26(6)23(4,5)15-17/h7-12,17,19H,13-15H2,1-6H3,(H,24,29)(H,25,28)/t19-/m1/s1. The number of rotatable bonds is 5. The van der Waals surface area contributed by atoms with Gasteiger partial charge in [-0.15, -0.1) is 0 Å². The minimum Gasteiger partial charge on any atom is -0.353 e. The molecule has 1 fully saturated rings. The van der Waals surface area contributed by atoms with Crippen molar-refractivity contribution in [1.82, 2.24) is 19.8 Å². The van der Waals surface area contributed by atoms with Crippen LogP contribution in [0.3, 0.4) is 0 Å². The lowest BCUT2D eigenvalue weighted by Crippen LogP contribution is -2.63. The van der Waals surface area contributed by atoms with Crippen LogP contribution < -0.4 is 10.6 Å². The van der Waals surface area contributed by atoms with Gasteiger partial charge >= 0.3 is 0 Å². The molecule has 1 aromatic carbocycles. The van der Waals surface area contributed by atoms with Crippen molar-refractivity contribution in [2.45, 2.75) is 81.9 Å². The second kappa shape index (κ2) is 8.51. The third kappa shape index (κ3) is 4.83. The maximum atomic E-state index is 13.2. The van der Waals surface area contributed by atoms with E-state index in [-0.39, 0.29) is 34.3 Å². The molecule has 1 saturated heterocycles. The summed E-state index contributed by atoms with van der Waals surface area (Å²) < 4.78 is 27.4. The summed E-state index contributed by atoms with van der Waals surface area (Å²) in [6, 6.07) is 5.19.